The van der Waals surface area contributed by atoms with Gasteiger partial charge < -0.3 is 5.32 Å². The fourth-order valence-corrected chi connectivity index (χ4v) is 6.00. The summed E-state index contributed by atoms with van der Waals surface area (Å²) >= 11 is 0. The highest BCUT2D eigenvalue weighted by molar-refractivity contribution is 6.22. The van der Waals surface area contributed by atoms with E-state index in [0.717, 1.165) is 17.7 Å². The molecule has 2 bridgehead atoms. The average molecular weight is 412 g/mol. The molecule has 0 spiro atoms. The third kappa shape index (κ3) is 2.65. The normalized spacial score (nSPS) is 32.1. The van der Waals surface area contributed by atoms with Crippen molar-refractivity contribution in [3.8, 4) is 0 Å². The van der Waals surface area contributed by atoms with E-state index in [1.54, 1.807) is 24.3 Å². The van der Waals surface area contributed by atoms with Gasteiger partial charge in [0.15, 0.2) is 0 Å². The molecule has 2 aromatic carbocycles. The summed E-state index contributed by atoms with van der Waals surface area (Å²) in [6, 6.07) is 12.6. The molecule has 1 aliphatic heterocycles. The van der Waals surface area contributed by atoms with Crippen LogP contribution in [0.2, 0.25) is 0 Å². The van der Waals surface area contributed by atoms with Gasteiger partial charge in [0.2, 0.25) is 11.8 Å². The molecule has 7 rings (SSSR count). The van der Waals surface area contributed by atoms with E-state index in [0.29, 0.717) is 23.1 Å². The number of anilines is 2. The lowest BCUT2D eigenvalue weighted by atomic mass is 9.63. The molecule has 0 aromatic heterocycles. The van der Waals surface area contributed by atoms with Crippen molar-refractivity contribution in [2.45, 2.75) is 20.3 Å². The minimum absolute atomic E-state index is 0.0768. The standard InChI is InChI=1S/C26H24N2O3/c1-13-3-6-16(11-14(13)2)27-24(29)15-4-7-17(8-5-15)28-25(30)22-18-9-10-19(21-12-20(18)21)23(22)26(28)31/h3-11,18-23H,12H2,1-2H3,(H,27,29)/t18-,19-,20-,21-,22+,23+/m0/s1. The number of carbonyl (C=O) groups excluding carboxylic acids is 3. The number of allylic oxidation sites excluding steroid dienone is 2. The number of nitrogens with one attached hydrogen (secondary N) is 1. The fourth-order valence-electron chi connectivity index (χ4n) is 6.00. The first-order valence-corrected chi connectivity index (χ1v) is 11.0. The van der Waals surface area contributed by atoms with Crippen molar-refractivity contribution in [1.29, 1.82) is 0 Å². The van der Waals surface area contributed by atoms with E-state index in [9.17, 15) is 14.4 Å². The second kappa shape index (κ2) is 6.39. The van der Waals surface area contributed by atoms with Crippen molar-refractivity contribution in [3.05, 3.63) is 71.3 Å². The number of aryl methyl sites for hydroxylation is 2. The van der Waals surface area contributed by atoms with Gasteiger partial charge >= 0.3 is 0 Å². The molecule has 1 heterocycles. The first-order chi connectivity index (χ1) is 14.9. The molecular formula is C26H24N2O3. The Morgan fingerprint density at radius 2 is 1.48 bits per heavy atom. The Balaban J connectivity index is 1.22. The number of nitrogens with zero attached hydrogens (tertiary/aromatic N) is 1. The maximum atomic E-state index is 13.2. The van der Waals surface area contributed by atoms with Crippen LogP contribution in [0.1, 0.15) is 27.9 Å². The zero-order chi connectivity index (χ0) is 21.4. The summed E-state index contributed by atoms with van der Waals surface area (Å²) in [6.07, 6.45) is 5.50. The molecule has 2 aromatic rings. The van der Waals surface area contributed by atoms with Crippen molar-refractivity contribution in [1.82, 2.24) is 0 Å². The molecular weight excluding hydrogens is 388 g/mol. The summed E-state index contributed by atoms with van der Waals surface area (Å²) in [5.41, 5.74) is 4.07. The number of imide groups is 1. The van der Waals surface area contributed by atoms with E-state index < -0.39 is 0 Å². The van der Waals surface area contributed by atoms with Crippen molar-refractivity contribution in [2.24, 2.45) is 35.5 Å². The Bertz CT molecular complexity index is 1130. The van der Waals surface area contributed by atoms with Gasteiger partial charge in [-0.15, -0.1) is 0 Å². The molecule has 6 atom stereocenters. The summed E-state index contributed by atoms with van der Waals surface area (Å²) < 4.78 is 0. The lowest BCUT2D eigenvalue weighted by Crippen LogP contribution is -2.40. The number of hydrogen-bond acceptors (Lipinski definition) is 3. The summed E-state index contributed by atoms with van der Waals surface area (Å²) in [7, 11) is 0. The van der Waals surface area contributed by atoms with Crippen molar-refractivity contribution < 1.29 is 14.4 Å². The Kier molecular flexibility index (Phi) is 3.83. The average Bonchev–Trinajstić information content (AvgIpc) is 3.54. The molecule has 0 unspecified atom stereocenters. The highest BCUT2D eigenvalue weighted by atomic mass is 16.2. The topological polar surface area (TPSA) is 66.5 Å². The third-order valence-corrected chi connectivity index (χ3v) is 7.82. The van der Waals surface area contributed by atoms with Gasteiger partial charge in [-0.2, -0.15) is 0 Å². The molecule has 5 nitrogen and oxygen atoms in total. The molecule has 5 aliphatic rings. The molecule has 2 saturated carbocycles. The van der Waals surface area contributed by atoms with E-state index >= 15 is 0 Å². The second-order valence-corrected chi connectivity index (χ2v) is 9.47. The molecule has 1 saturated heterocycles. The lowest BCUT2D eigenvalue weighted by molar-refractivity contribution is -0.124. The molecule has 0 radical (unpaired) electrons. The van der Waals surface area contributed by atoms with E-state index in [4.69, 9.17) is 0 Å². The van der Waals surface area contributed by atoms with Gasteiger partial charge in [0.25, 0.3) is 5.91 Å². The minimum atomic E-state index is -0.218. The lowest BCUT2D eigenvalue weighted by Gasteiger charge is -2.37. The van der Waals surface area contributed by atoms with Gasteiger partial charge in [0, 0.05) is 11.3 Å². The van der Waals surface area contributed by atoms with Gasteiger partial charge in [-0.05, 0) is 91.5 Å². The van der Waals surface area contributed by atoms with E-state index in [-0.39, 0.29) is 41.4 Å². The van der Waals surface area contributed by atoms with Gasteiger partial charge in [0.1, 0.15) is 0 Å². The van der Waals surface area contributed by atoms with Crippen LogP contribution < -0.4 is 10.2 Å². The number of benzene rings is 2. The quantitative estimate of drug-likeness (QED) is 0.609. The van der Waals surface area contributed by atoms with Crippen LogP contribution in [0.4, 0.5) is 11.4 Å². The minimum Gasteiger partial charge on any atom is -0.322 e. The Labute approximate surface area is 181 Å². The van der Waals surface area contributed by atoms with Gasteiger partial charge in [-0.3, -0.25) is 19.3 Å². The van der Waals surface area contributed by atoms with Crippen LogP contribution >= 0.6 is 0 Å². The Hall–Kier alpha value is -3.21. The highest BCUT2D eigenvalue weighted by Crippen LogP contribution is 2.65. The second-order valence-electron chi connectivity index (χ2n) is 9.47. The molecule has 156 valence electrons. The first-order valence-electron chi connectivity index (χ1n) is 11.0. The van der Waals surface area contributed by atoms with Gasteiger partial charge in [-0.1, -0.05) is 18.2 Å². The maximum absolute atomic E-state index is 13.2. The Morgan fingerprint density at radius 1 is 0.871 bits per heavy atom. The summed E-state index contributed by atoms with van der Waals surface area (Å²) in [4.78, 5) is 40.4. The molecule has 4 aliphatic carbocycles. The zero-order valence-electron chi connectivity index (χ0n) is 17.5. The van der Waals surface area contributed by atoms with Crippen LogP contribution in [0.5, 0.6) is 0 Å². The fraction of sp³-hybridized carbons (Fsp3) is 0.346. The number of amides is 3. The molecule has 3 amide bonds. The van der Waals surface area contributed by atoms with Crippen LogP contribution in [-0.4, -0.2) is 17.7 Å². The van der Waals surface area contributed by atoms with Crippen LogP contribution in [0.25, 0.3) is 0 Å². The highest BCUT2D eigenvalue weighted by Gasteiger charge is 2.67. The first kappa shape index (κ1) is 18.6. The van der Waals surface area contributed by atoms with Gasteiger partial charge in [0.05, 0.1) is 17.5 Å². The monoisotopic (exact) mass is 412 g/mol. The summed E-state index contributed by atoms with van der Waals surface area (Å²) in [6.45, 7) is 4.04. The SMILES string of the molecule is Cc1ccc(NC(=O)c2ccc(N3C(=O)[C@@H]4[C@H]5C=C[C@@H]([C@@H]6C[C@@H]56)[C@H]4C3=O)cc2)cc1C. The number of rotatable bonds is 3. The molecule has 5 heteroatoms. The van der Waals surface area contributed by atoms with Crippen LogP contribution in [-0.2, 0) is 9.59 Å². The largest absolute Gasteiger partial charge is 0.322 e. The van der Waals surface area contributed by atoms with Crippen molar-refractivity contribution in [2.75, 3.05) is 10.2 Å². The predicted octanol–water partition coefficient (Wildman–Crippen LogP) is 4.11. The van der Waals surface area contributed by atoms with E-state index in [1.165, 1.54) is 10.5 Å². The zero-order valence-corrected chi connectivity index (χ0v) is 17.5. The van der Waals surface area contributed by atoms with E-state index in [1.807, 2.05) is 32.0 Å². The summed E-state index contributed by atoms with van der Waals surface area (Å²) in [5, 5.41) is 2.91. The third-order valence-electron chi connectivity index (χ3n) is 7.82. The predicted molar refractivity (Wildman–Crippen MR) is 118 cm³/mol. The van der Waals surface area contributed by atoms with Crippen LogP contribution in [0, 0.1) is 49.4 Å². The summed E-state index contributed by atoms with van der Waals surface area (Å²) in [5.74, 6) is 0.810. The molecule has 31 heavy (non-hydrogen) atoms. The maximum Gasteiger partial charge on any atom is 0.255 e. The van der Waals surface area contributed by atoms with Crippen LogP contribution in [0.15, 0.2) is 54.6 Å². The van der Waals surface area contributed by atoms with E-state index in [2.05, 4.69) is 17.5 Å². The Morgan fingerprint density at radius 3 is 2.06 bits per heavy atom. The molecule has 1 N–H and O–H groups in total. The van der Waals surface area contributed by atoms with Gasteiger partial charge in [-0.25, -0.2) is 0 Å². The van der Waals surface area contributed by atoms with Crippen LogP contribution in [0.3, 0.4) is 0 Å². The van der Waals surface area contributed by atoms with Crippen molar-refractivity contribution >= 4 is 29.1 Å². The van der Waals surface area contributed by atoms with Crippen molar-refractivity contribution in [3.63, 3.8) is 0 Å². The molecule has 3 fully saturated rings. The number of hydrogen-bond donors (Lipinski definition) is 1. The smallest absolute Gasteiger partial charge is 0.255 e. The number of carbonyl (C=O) groups is 3.